The van der Waals surface area contributed by atoms with Crippen molar-refractivity contribution in [2.24, 2.45) is 0 Å². The summed E-state index contributed by atoms with van der Waals surface area (Å²) in [6.45, 7) is 1.20. The number of imidazole rings is 1. The largest absolute Gasteiger partial charge is 0.491 e. The number of pyridine rings is 1. The van der Waals surface area contributed by atoms with E-state index in [1.807, 2.05) is 0 Å². The van der Waals surface area contributed by atoms with Crippen LogP contribution in [0.3, 0.4) is 0 Å². The summed E-state index contributed by atoms with van der Waals surface area (Å²) in [6.07, 6.45) is 2.50. The minimum atomic E-state index is -0.406. The molecule has 0 atom stereocenters. The lowest BCUT2D eigenvalue weighted by molar-refractivity contribution is 0.268. The highest BCUT2D eigenvalue weighted by Crippen LogP contribution is 2.29. The highest BCUT2D eigenvalue weighted by molar-refractivity contribution is 5.87. The maximum absolute atomic E-state index is 14.0. The van der Waals surface area contributed by atoms with Crippen LogP contribution in [0.4, 0.5) is 10.2 Å². The quantitative estimate of drug-likeness (QED) is 0.642. The molecule has 0 spiro atoms. The van der Waals surface area contributed by atoms with Crippen LogP contribution in [0.25, 0.3) is 11.0 Å². The van der Waals surface area contributed by atoms with Crippen molar-refractivity contribution in [1.29, 1.82) is 0 Å². The van der Waals surface area contributed by atoms with E-state index in [0.29, 0.717) is 30.1 Å². The van der Waals surface area contributed by atoms with Crippen molar-refractivity contribution >= 4 is 16.9 Å². The Kier molecular flexibility index (Phi) is 4.24. The number of halogens is 1. The molecule has 8 heteroatoms. The van der Waals surface area contributed by atoms with Gasteiger partial charge >= 0.3 is 0 Å². The second-order valence-corrected chi connectivity index (χ2v) is 6.23. The fourth-order valence-corrected chi connectivity index (χ4v) is 3.02. The summed E-state index contributed by atoms with van der Waals surface area (Å²) >= 11 is 0. The van der Waals surface area contributed by atoms with E-state index in [1.165, 1.54) is 6.07 Å². The zero-order valence-corrected chi connectivity index (χ0v) is 14.1. The maximum atomic E-state index is 14.0. The molecule has 3 aromatic rings. The average molecular weight is 358 g/mol. The van der Waals surface area contributed by atoms with E-state index in [-0.39, 0.29) is 24.1 Å². The molecule has 26 heavy (non-hydrogen) atoms. The van der Waals surface area contributed by atoms with Gasteiger partial charge in [-0.3, -0.25) is 4.57 Å². The zero-order chi connectivity index (χ0) is 18.1. The van der Waals surface area contributed by atoms with E-state index >= 15 is 0 Å². The first kappa shape index (κ1) is 16.4. The first-order valence-electron chi connectivity index (χ1n) is 8.51. The van der Waals surface area contributed by atoms with Crippen molar-refractivity contribution in [1.82, 2.24) is 14.5 Å². The van der Waals surface area contributed by atoms with Crippen molar-refractivity contribution in [3.05, 3.63) is 35.6 Å². The first-order valence-corrected chi connectivity index (χ1v) is 8.51. The van der Waals surface area contributed by atoms with Gasteiger partial charge in [-0.1, -0.05) is 6.07 Å². The number of benzene rings is 1. The zero-order valence-electron chi connectivity index (χ0n) is 14.1. The van der Waals surface area contributed by atoms with E-state index in [4.69, 9.17) is 15.2 Å². The third-order valence-corrected chi connectivity index (χ3v) is 4.35. The Morgan fingerprint density at radius 1 is 1.08 bits per heavy atom. The molecule has 0 amide bonds. The van der Waals surface area contributed by atoms with Crippen molar-refractivity contribution < 1.29 is 19.0 Å². The van der Waals surface area contributed by atoms with E-state index in [9.17, 15) is 9.50 Å². The highest BCUT2D eigenvalue weighted by Gasteiger charge is 2.16. The normalized spacial score (nSPS) is 15.1. The summed E-state index contributed by atoms with van der Waals surface area (Å²) in [5.74, 6) is 0.386. The molecule has 4 rings (SSSR count). The predicted octanol–water partition coefficient (Wildman–Crippen LogP) is 2.85. The lowest BCUT2D eigenvalue weighted by Gasteiger charge is -2.10. The number of anilines is 1. The van der Waals surface area contributed by atoms with E-state index < -0.39 is 5.82 Å². The summed E-state index contributed by atoms with van der Waals surface area (Å²) in [7, 11) is 0. The summed E-state index contributed by atoms with van der Waals surface area (Å²) in [4.78, 5) is 8.28. The molecule has 1 aliphatic rings. The van der Waals surface area contributed by atoms with Crippen molar-refractivity contribution in [3.63, 3.8) is 0 Å². The molecule has 0 unspecified atom stereocenters. The van der Waals surface area contributed by atoms with Gasteiger partial charge in [-0.15, -0.1) is 0 Å². The third-order valence-electron chi connectivity index (χ3n) is 4.35. The summed E-state index contributed by atoms with van der Waals surface area (Å²) in [5.41, 5.74) is 7.74. The molecule has 0 aliphatic carbocycles. The number of fused-ring (bicyclic) bond motifs is 3. The van der Waals surface area contributed by atoms with Gasteiger partial charge < -0.3 is 20.3 Å². The number of ether oxygens (including phenoxy) is 2. The second kappa shape index (κ2) is 6.70. The third kappa shape index (κ3) is 3.10. The van der Waals surface area contributed by atoms with Crippen molar-refractivity contribution in [2.75, 3.05) is 18.9 Å². The van der Waals surface area contributed by atoms with E-state index in [2.05, 4.69) is 9.97 Å². The molecule has 3 N–H and O–H groups in total. The van der Waals surface area contributed by atoms with Crippen LogP contribution in [0.2, 0.25) is 0 Å². The molecule has 136 valence electrons. The maximum Gasteiger partial charge on any atom is 0.295 e. The Bertz CT molecular complexity index is 957. The van der Waals surface area contributed by atoms with Crippen molar-refractivity contribution in [2.45, 2.75) is 25.8 Å². The molecule has 7 nitrogen and oxygen atoms in total. The van der Waals surface area contributed by atoms with Crippen LogP contribution >= 0.6 is 0 Å². The number of rotatable bonds is 0. The molecule has 0 fully saturated rings. The lowest BCUT2D eigenvalue weighted by atomic mass is 10.2. The number of nitrogen functional groups attached to an aromatic ring is 1. The van der Waals surface area contributed by atoms with Crippen LogP contribution in [0.5, 0.6) is 17.6 Å². The number of aromatic hydroxyl groups is 1. The van der Waals surface area contributed by atoms with Gasteiger partial charge in [-0.05, 0) is 37.0 Å². The highest BCUT2D eigenvalue weighted by atomic mass is 19.1. The van der Waals surface area contributed by atoms with E-state index in [1.54, 1.807) is 22.8 Å². The average Bonchev–Trinajstić information content (AvgIpc) is 2.92. The van der Waals surface area contributed by atoms with Crippen LogP contribution < -0.4 is 15.2 Å². The summed E-state index contributed by atoms with van der Waals surface area (Å²) < 4.78 is 26.8. The van der Waals surface area contributed by atoms with Crippen LogP contribution in [0, 0.1) is 5.82 Å². The molecular formula is C18H19FN4O3. The Morgan fingerprint density at radius 3 is 2.73 bits per heavy atom. The Morgan fingerprint density at radius 2 is 1.88 bits per heavy atom. The topological polar surface area (TPSA) is 95.4 Å². The number of hydrogen-bond acceptors (Lipinski definition) is 6. The molecule has 1 aliphatic heterocycles. The minimum Gasteiger partial charge on any atom is -0.491 e. The standard InChI is InChI=1S/C18H19FN4O3/c19-12-5-4-11-8-14(12)25-6-2-1-3-7-26-15-9-13-16(17(20)21-15)22-18(24)23(13)10-11/h4-5,8-9H,1-3,6-7,10H2,(H2,20,21)(H,22,24). The SMILES string of the molecule is Nc1nc2cc3c1nc(O)n3Cc1ccc(F)c(c1)OCCCCCO2. The first-order chi connectivity index (χ1) is 12.6. The minimum absolute atomic E-state index is 0.193. The monoisotopic (exact) mass is 358 g/mol. The number of hydrogen-bond donors (Lipinski definition) is 2. The number of aromatic nitrogens is 3. The van der Waals surface area contributed by atoms with Gasteiger partial charge in [0.1, 0.15) is 5.52 Å². The molecule has 4 bridgehead atoms. The summed E-state index contributed by atoms with van der Waals surface area (Å²) in [6, 6.07) is 6.17. The number of nitrogens with zero attached hydrogens (tertiary/aromatic N) is 3. The van der Waals surface area contributed by atoms with Gasteiger partial charge in [0.2, 0.25) is 5.88 Å². The Balaban J connectivity index is 1.81. The molecule has 0 saturated heterocycles. The predicted molar refractivity (Wildman–Crippen MR) is 93.9 cm³/mol. The molecule has 0 radical (unpaired) electrons. The smallest absolute Gasteiger partial charge is 0.295 e. The van der Waals surface area contributed by atoms with Gasteiger partial charge in [-0.25, -0.2) is 4.39 Å². The van der Waals surface area contributed by atoms with Crippen molar-refractivity contribution in [3.8, 4) is 17.6 Å². The number of nitrogens with two attached hydrogens (primary N) is 1. The molecule has 2 aromatic heterocycles. The molecule has 0 saturated carbocycles. The van der Waals surface area contributed by atoms with Crippen LogP contribution in [-0.4, -0.2) is 32.9 Å². The van der Waals surface area contributed by atoms with E-state index in [0.717, 1.165) is 24.8 Å². The van der Waals surface area contributed by atoms with Crippen LogP contribution in [0.1, 0.15) is 24.8 Å². The van der Waals surface area contributed by atoms with Gasteiger partial charge in [0, 0.05) is 6.07 Å². The molecular weight excluding hydrogens is 339 g/mol. The van der Waals surface area contributed by atoms with Gasteiger partial charge in [0.15, 0.2) is 17.4 Å². The van der Waals surface area contributed by atoms with Crippen LogP contribution in [-0.2, 0) is 6.54 Å². The summed E-state index contributed by atoms with van der Waals surface area (Å²) in [5, 5.41) is 10.2. The lowest BCUT2D eigenvalue weighted by Crippen LogP contribution is -2.03. The van der Waals surface area contributed by atoms with Gasteiger partial charge in [0.25, 0.3) is 6.01 Å². The molecule has 1 aromatic carbocycles. The van der Waals surface area contributed by atoms with Gasteiger partial charge in [0.05, 0.1) is 25.3 Å². The fraction of sp³-hybridized carbons (Fsp3) is 0.333. The Hall–Kier alpha value is -3.03. The molecule has 3 heterocycles. The van der Waals surface area contributed by atoms with Crippen LogP contribution in [0.15, 0.2) is 24.3 Å². The Labute approximate surface area is 149 Å². The van der Waals surface area contributed by atoms with Gasteiger partial charge in [-0.2, -0.15) is 9.97 Å². The second-order valence-electron chi connectivity index (χ2n) is 6.23. The fourth-order valence-electron chi connectivity index (χ4n) is 3.02.